The van der Waals surface area contributed by atoms with Gasteiger partial charge in [0.2, 0.25) is 0 Å². The summed E-state index contributed by atoms with van der Waals surface area (Å²) in [7, 11) is 0. The van der Waals surface area contributed by atoms with Gasteiger partial charge in [0, 0.05) is 6.04 Å². The molecule has 1 atom stereocenters. The SMILES string of the molecule is CC(Nc1cc(-n2cnnn2)ccc1Cl)c1ccccc1. The molecule has 5 nitrogen and oxygen atoms in total. The third kappa shape index (κ3) is 3.03. The highest BCUT2D eigenvalue weighted by molar-refractivity contribution is 6.33. The van der Waals surface area contributed by atoms with E-state index >= 15 is 0 Å². The second-order valence-corrected chi connectivity index (χ2v) is 5.10. The summed E-state index contributed by atoms with van der Waals surface area (Å²) in [5, 5.41) is 15.2. The molecule has 0 radical (unpaired) electrons. The van der Waals surface area contributed by atoms with Gasteiger partial charge in [-0.25, -0.2) is 4.68 Å². The van der Waals surface area contributed by atoms with Gasteiger partial charge in [0.05, 0.1) is 16.4 Å². The van der Waals surface area contributed by atoms with E-state index in [1.165, 1.54) is 5.56 Å². The Balaban J connectivity index is 1.86. The fourth-order valence-electron chi connectivity index (χ4n) is 2.10. The van der Waals surface area contributed by atoms with Crippen molar-refractivity contribution in [1.82, 2.24) is 20.2 Å². The van der Waals surface area contributed by atoms with Crippen LogP contribution < -0.4 is 5.32 Å². The van der Waals surface area contributed by atoms with Gasteiger partial charge in [0.25, 0.3) is 0 Å². The topological polar surface area (TPSA) is 55.6 Å². The summed E-state index contributed by atoms with van der Waals surface area (Å²) < 4.78 is 1.59. The minimum Gasteiger partial charge on any atom is -0.377 e. The molecule has 0 saturated heterocycles. The number of halogens is 1. The number of anilines is 1. The Hall–Kier alpha value is -2.40. The zero-order chi connectivity index (χ0) is 14.7. The molecule has 0 aliphatic heterocycles. The van der Waals surface area contributed by atoms with Gasteiger partial charge in [-0.05, 0) is 41.1 Å². The quantitative estimate of drug-likeness (QED) is 0.801. The molecule has 0 aliphatic rings. The Morgan fingerprint density at radius 3 is 2.67 bits per heavy atom. The molecule has 0 bridgehead atoms. The molecule has 0 aliphatic carbocycles. The van der Waals surface area contributed by atoms with Crippen molar-refractivity contribution in [2.45, 2.75) is 13.0 Å². The zero-order valence-electron chi connectivity index (χ0n) is 11.4. The Bertz CT molecular complexity index is 712. The van der Waals surface area contributed by atoms with Crippen LogP contribution in [0, 0.1) is 0 Å². The van der Waals surface area contributed by atoms with E-state index in [9.17, 15) is 0 Å². The average molecular weight is 300 g/mol. The molecule has 3 aromatic rings. The summed E-state index contributed by atoms with van der Waals surface area (Å²) in [5.41, 5.74) is 2.90. The highest BCUT2D eigenvalue weighted by atomic mass is 35.5. The van der Waals surface area contributed by atoms with Gasteiger partial charge in [-0.3, -0.25) is 0 Å². The molecule has 1 unspecified atom stereocenters. The van der Waals surface area contributed by atoms with E-state index in [0.717, 1.165) is 11.4 Å². The van der Waals surface area contributed by atoms with Crippen molar-refractivity contribution in [3.8, 4) is 5.69 Å². The van der Waals surface area contributed by atoms with Crippen molar-refractivity contribution in [3.05, 3.63) is 65.4 Å². The fraction of sp³-hybridized carbons (Fsp3) is 0.133. The van der Waals surface area contributed by atoms with Crippen LogP contribution in [0.4, 0.5) is 5.69 Å². The first-order valence-corrected chi connectivity index (χ1v) is 6.96. The van der Waals surface area contributed by atoms with Gasteiger partial charge in [-0.15, -0.1) is 5.10 Å². The van der Waals surface area contributed by atoms with Gasteiger partial charge >= 0.3 is 0 Å². The third-order valence-electron chi connectivity index (χ3n) is 3.24. The molecular weight excluding hydrogens is 286 g/mol. The van der Waals surface area contributed by atoms with Crippen molar-refractivity contribution in [3.63, 3.8) is 0 Å². The smallest absolute Gasteiger partial charge is 0.143 e. The summed E-state index contributed by atoms with van der Waals surface area (Å²) in [4.78, 5) is 0. The maximum atomic E-state index is 6.27. The fourth-order valence-corrected chi connectivity index (χ4v) is 2.28. The van der Waals surface area contributed by atoms with Gasteiger partial charge in [-0.1, -0.05) is 41.9 Å². The summed E-state index contributed by atoms with van der Waals surface area (Å²) in [6, 6.07) is 16.0. The van der Waals surface area contributed by atoms with E-state index < -0.39 is 0 Å². The molecule has 21 heavy (non-hydrogen) atoms. The van der Waals surface area contributed by atoms with Gasteiger partial charge in [-0.2, -0.15) is 0 Å². The van der Waals surface area contributed by atoms with Crippen LogP contribution in [0.5, 0.6) is 0 Å². The molecule has 0 saturated carbocycles. The Kier molecular flexibility index (Phi) is 3.83. The normalized spacial score (nSPS) is 12.1. The van der Waals surface area contributed by atoms with Crippen molar-refractivity contribution in [2.24, 2.45) is 0 Å². The summed E-state index contributed by atoms with van der Waals surface area (Å²) >= 11 is 6.27. The Morgan fingerprint density at radius 1 is 1.14 bits per heavy atom. The molecular formula is C15H14ClN5. The van der Waals surface area contributed by atoms with Crippen LogP contribution in [-0.2, 0) is 0 Å². The number of benzene rings is 2. The van der Waals surface area contributed by atoms with Crippen LogP contribution in [0.25, 0.3) is 5.69 Å². The predicted molar refractivity (Wildman–Crippen MR) is 82.6 cm³/mol. The van der Waals surface area contributed by atoms with Crippen molar-refractivity contribution >= 4 is 17.3 Å². The van der Waals surface area contributed by atoms with Crippen LogP contribution in [0.3, 0.4) is 0 Å². The minimum absolute atomic E-state index is 0.146. The molecule has 0 amide bonds. The highest BCUT2D eigenvalue weighted by Gasteiger charge is 2.09. The molecule has 6 heteroatoms. The van der Waals surface area contributed by atoms with Crippen LogP contribution in [0.1, 0.15) is 18.5 Å². The van der Waals surface area contributed by atoms with Crippen molar-refractivity contribution < 1.29 is 0 Å². The molecule has 2 aromatic carbocycles. The van der Waals surface area contributed by atoms with E-state index in [1.54, 1.807) is 11.0 Å². The second kappa shape index (κ2) is 5.93. The molecule has 0 spiro atoms. The molecule has 106 valence electrons. The maximum absolute atomic E-state index is 6.27. The molecule has 1 aromatic heterocycles. The van der Waals surface area contributed by atoms with Crippen molar-refractivity contribution in [1.29, 1.82) is 0 Å². The number of nitrogens with zero attached hydrogens (tertiary/aromatic N) is 4. The van der Waals surface area contributed by atoms with Gasteiger partial charge in [0.1, 0.15) is 6.33 Å². The van der Waals surface area contributed by atoms with Crippen molar-refractivity contribution in [2.75, 3.05) is 5.32 Å². The Morgan fingerprint density at radius 2 is 1.95 bits per heavy atom. The number of rotatable bonds is 4. The van der Waals surface area contributed by atoms with E-state index in [4.69, 9.17) is 11.6 Å². The van der Waals surface area contributed by atoms with E-state index in [1.807, 2.05) is 36.4 Å². The Labute approximate surface area is 127 Å². The molecule has 1 N–H and O–H groups in total. The van der Waals surface area contributed by atoms with Crippen LogP contribution in [-0.4, -0.2) is 20.2 Å². The number of hydrogen-bond acceptors (Lipinski definition) is 4. The molecule has 0 fully saturated rings. The number of aromatic nitrogens is 4. The first-order chi connectivity index (χ1) is 10.2. The summed E-state index contributed by atoms with van der Waals surface area (Å²) in [5.74, 6) is 0. The minimum atomic E-state index is 0.146. The average Bonchev–Trinajstić information content (AvgIpc) is 3.04. The van der Waals surface area contributed by atoms with E-state index in [0.29, 0.717) is 5.02 Å². The number of tetrazole rings is 1. The van der Waals surface area contributed by atoms with Gasteiger partial charge < -0.3 is 5.32 Å². The van der Waals surface area contributed by atoms with Crippen LogP contribution in [0.15, 0.2) is 54.9 Å². The van der Waals surface area contributed by atoms with Crippen LogP contribution >= 0.6 is 11.6 Å². The monoisotopic (exact) mass is 299 g/mol. The standard InChI is InChI=1S/C15H14ClN5/c1-11(12-5-3-2-4-6-12)18-15-9-13(7-8-14(15)16)21-10-17-19-20-21/h2-11,18H,1H3. The van der Waals surface area contributed by atoms with E-state index in [2.05, 4.69) is 39.9 Å². The first kappa shape index (κ1) is 13.6. The first-order valence-electron chi connectivity index (χ1n) is 6.58. The number of hydrogen-bond donors (Lipinski definition) is 1. The molecule has 3 rings (SSSR count). The maximum Gasteiger partial charge on any atom is 0.143 e. The summed E-state index contributed by atoms with van der Waals surface area (Å²) in [6.07, 6.45) is 1.55. The predicted octanol–water partition coefficient (Wildman–Crippen LogP) is 3.49. The summed E-state index contributed by atoms with van der Waals surface area (Å²) in [6.45, 7) is 2.09. The largest absolute Gasteiger partial charge is 0.377 e. The highest BCUT2D eigenvalue weighted by Crippen LogP contribution is 2.28. The lowest BCUT2D eigenvalue weighted by molar-refractivity contribution is 0.788. The van der Waals surface area contributed by atoms with E-state index in [-0.39, 0.29) is 6.04 Å². The zero-order valence-corrected chi connectivity index (χ0v) is 12.2. The third-order valence-corrected chi connectivity index (χ3v) is 3.56. The molecule has 1 heterocycles. The van der Waals surface area contributed by atoms with Gasteiger partial charge in [0.15, 0.2) is 0 Å². The lowest BCUT2D eigenvalue weighted by Gasteiger charge is -2.17. The number of nitrogens with one attached hydrogen (secondary N) is 1. The lowest BCUT2D eigenvalue weighted by atomic mass is 10.1. The second-order valence-electron chi connectivity index (χ2n) is 4.70. The lowest BCUT2D eigenvalue weighted by Crippen LogP contribution is -2.07. The van der Waals surface area contributed by atoms with Crippen LogP contribution in [0.2, 0.25) is 5.02 Å².